The summed E-state index contributed by atoms with van der Waals surface area (Å²) in [6, 6.07) is 0. The molecule has 0 spiro atoms. The van der Waals surface area contributed by atoms with E-state index in [1.54, 1.807) is 29.3 Å². The number of hydrogen-bond donors (Lipinski definition) is 0. The Kier molecular flexibility index (Phi) is 17.6. The Bertz CT molecular complexity index is 358. The molecule has 0 saturated carbocycles. The molecule has 2 nitrogen and oxygen atoms in total. The van der Waals surface area contributed by atoms with Crippen LogP contribution in [0.25, 0.3) is 0 Å². The van der Waals surface area contributed by atoms with Crippen molar-refractivity contribution >= 4 is 0 Å². The molecular weight excluding hydrogens is 463 g/mol. The maximum atomic E-state index is 10.2. The third kappa shape index (κ3) is 24.0. The Morgan fingerprint density at radius 1 is 1.08 bits per heavy atom. The van der Waals surface area contributed by atoms with Crippen LogP contribution in [0.15, 0.2) is 46.9 Å². The fraction of sp³-hybridized carbons (Fsp3) is 0.619. The van der Waals surface area contributed by atoms with Crippen molar-refractivity contribution in [3.05, 3.63) is 46.9 Å². The normalized spacial score (nSPS) is 14.9. The van der Waals surface area contributed by atoms with Gasteiger partial charge in [0.25, 0.3) is 0 Å². The number of allylic oxidation sites excluding steroid dienone is 6. The molecule has 0 aromatic heterocycles. The van der Waals surface area contributed by atoms with Crippen molar-refractivity contribution in [3.63, 3.8) is 0 Å². The molecule has 0 aliphatic heterocycles. The van der Waals surface area contributed by atoms with E-state index in [1.807, 2.05) is 0 Å². The molecule has 0 aromatic rings. The molecular formula is C21H36HfO2. The van der Waals surface area contributed by atoms with Crippen LogP contribution in [0.1, 0.15) is 66.7 Å². The molecule has 0 amide bonds. The van der Waals surface area contributed by atoms with Gasteiger partial charge in [0, 0.05) is 0 Å². The van der Waals surface area contributed by atoms with Crippen molar-refractivity contribution in [3.8, 4) is 0 Å². The number of rotatable bonds is 7. The first kappa shape index (κ1) is 26.0. The van der Waals surface area contributed by atoms with Crippen LogP contribution in [0.2, 0.25) is 3.17 Å². The first-order chi connectivity index (χ1) is 11.1. The second-order valence-corrected chi connectivity index (χ2v) is 15.6. The minimum atomic E-state index is -0.460. The summed E-state index contributed by atoms with van der Waals surface area (Å²) >= 11 is -0.460. The van der Waals surface area contributed by atoms with E-state index < -0.39 is 35.1 Å². The average molecular weight is 499 g/mol. The van der Waals surface area contributed by atoms with Crippen LogP contribution in [0.4, 0.5) is 0 Å². The third-order valence-electron chi connectivity index (χ3n) is 2.86. The summed E-state index contributed by atoms with van der Waals surface area (Å²) in [6.45, 7) is 17.4. The van der Waals surface area contributed by atoms with Gasteiger partial charge in [0.1, 0.15) is 0 Å². The molecule has 0 radical (unpaired) electrons. The molecule has 2 atom stereocenters. The maximum absolute atomic E-state index is 10.2. The van der Waals surface area contributed by atoms with Crippen molar-refractivity contribution in [2.45, 2.75) is 82.1 Å². The van der Waals surface area contributed by atoms with E-state index in [2.05, 4.69) is 52.2 Å². The predicted molar refractivity (Wildman–Crippen MR) is 99.3 cm³/mol. The second-order valence-electron chi connectivity index (χ2n) is 7.05. The molecule has 0 aromatic carbocycles. The molecule has 24 heavy (non-hydrogen) atoms. The predicted octanol–water partition coefficient (Wildman–Crippen LogP) is 4.53. The Hall–Kier alpha value is -0.250. The molecule has 0 heterocycles. The fourth-order valence-electron chi connectivity index (χ4n) is 1.73. The molecule has 2 unspecified atom stereocenters. The number of hydrogen-bond acceptors (Lipinski definition) is 2. The SMILES string of the molecule is C=CCCC(C)[O-].C=CCCC(C)[O-].C[C](C)(C)[Hf+2][C]1=CC=CC1. The van der Waals surface area contributed by atoms with E-state index in [-0.39, 0.29) is 0 Å². The summed E-state index contributed by atoms with van der Waals surface area (Å²) in [5.74, 6) is 0. The zero-order valence-electron chi connectivity index (χ0n) is 16.3. The Balaban J connectivity index is 0. The van der Waals surface area contributed by atoms with E-state index in [1.165, 1.54) is 6.42 Å². The van der Waals surface area contributed by atoms with E-state index in [0.717, 1.165) is 25.7 Å². The van der Waals surface area contributed by atoms with E-state index in [0.29, 0.717) is 3.17 Å². The van der Waals surface area contributed by atoms with E-state index in [9.17, 15) is 10.2 Å². The average Bonchev–Trinajstić information content (AvgIpc) is 2.95. The van der Waals surface area contributed by atoms with Gasteiger partial charge in [0.05, 0.1) is 0 Å². The zero-order chi connectivity index (χ0) is 19.0. The van der Waals surface area contributed by atoms with E-state index in [4.69, 9.17) is 0 Å². The van der Waals surface area contributed by atoms with Gasteiger partial charge >= 0.3 is 74.8 Å². The van der Waals surface area contributed by atoms with Gasteiger partial charge in [0.2, 0.25) is 0 Å². The second kappa shape index (κ2) is 16.2. The van der Waals surface area contributed by atoms with Gasteiger partial charge < -0.3 is 10.2 Å². The van der Waals surface area contributed by atoms with Gasteiger partial charge in [-0.25, -0.2) is 0 Å². The zero-order valence-corrected chi connectivity index (χ0v) is 19.9. The summed E-state index contributed by atoms with van der Waals surface area (Å²) in [5.41, 5.74) is 0. The molecule has 1 aliphatic carbocycles. The third-order valence-corrected chi connectivity index (χ3v) is 8.04. The first-order valence-electron chi connectivity index (χ1n) is 8.79. The monoisotopic (exact) mass is 500 g/mol. The summed E-state index contributed by atoms with van der Waals surface area (Å²) in [4.78, 5) is 0. The van der Waals surface area contributed by atoms with Crippen molar-refractivity contribution < 1.29 is 33.1 Å². The molecule has 0 saturated heterocycles. The summed E-state index contributed by atoms with van der Waals surface area (Å²) in [7, 11) is 0. The van der Waals surface area contributed by atoms with Crippen molar-refractivity contribution in [1.29, 1.82) is 0 Å². The topological polar surface area (TPSA) is 46.1 Å². The van der Waals surface area contributed by atoms with Gasteiger partial charge in [-0.3, -0.25) is 0 Å². The van der Waals surface area contributed by atoms with Crippen LogP contribution in [-0.4, -0.2) is 12.2 Å². The molecule has 1 aliphatic rings. The summed E-state index contributed by atoms with van der Waals surface area (Å²) < 4.78 is 2.42. The summed E-state index contributed by atoms with van der Waals surface area (Å²) in [5, 5.41) is 20.5. The van der Waals surface area contributed by atoms with Gasteiger partial charge in [-0.1, -0.05) is 38.8 Å². The van der Waals surface area contributed by atoms with Crippen LogP contribution in [0.5, 0.6) is 0 Å². The van der Waals surface area contributed by atoms with E-state index >= 15 is 0 Å². The Labute approximate surface area is 161 Å². The minimum absolute atomic E-state index is 0.419. The van der Waals surface area contributed by atoms with Gasteiger partial charge in [0.15, 0.2) is 0 Å². The quantitative estimate of drug-likeness (QED) is 0.382. The van der Waals surface area contributed by atoms with Crippen LogP contribution in [0.3, 0.4) is 0 Å². The van der Waals surface area contributed by atoms with Crippen LogP contribution < -0.4 is 10.2 Å². The summed E-state index contributed by atoms with van der Waals surface area (Å²) in [6.07, 6.45) is 13.9. The van der Waals surface area contributed by atoms with Crippen molar-refractivity contribution in [2.75, 3.05) is 0 Å². The van der Waals surface area contributed by atoms with Crippen LogP contribution >= 0.6 is 0 Å². The van der Waals surface area contributed by atoms with Crippen LogP contribution in [0, 0.1) is 0 Å². The molecule has 0 N–H and O–H groups in total. The van der Waals surface area contributed by atoms with Crippen molar-refractivity contribution in [2.24, 2.45) is 0 Å². The molecule has 3 heteroatoms. The Morgan fingerprint density at radius 2 is 1.54 bits per heavy atom. The fourth-order valence-corrected chi connectivity index (χ4v) is 6.62. The van der Waals surface area contributed by atoms with Gasteiger partial charge in [-0.15, -0.1) is 25.4 Å². The Morgan fingerprint density at radius 3 is 1.75 bits per heavy atom. The van der Waals surface area contributed by atoms with Gasteiger partial charge in [-0.05, 0) is 12.8 Å². The first-order valence-corrected chi connectivity index (χ1v) is 12.4. The van der Waals surface area contributed by atoms with Crippen molar-refractivity contribution in [1.82, 2.24) is 0 Å². The molecule has 0 bridgehead atoms. The van der Waals surface area contributed by atoms with Crippen LogP contribution in [-0.2, 0) is 22.9 Å². The molecule has 1 rings (SSSR count). The standard InChI is InChI=1S/2C6H11O.C5H5.C4H9.Hf/c2*1-3-4-5-6(2)7;1-2-4-5-3-1;1-4(2)3;/h2*3,6H,1,4-5H2,2H3;1-3H,4H2;1-3H3;/q2*-1;;;+2. The molecule has 136 valence electrons. The van der Waals surface area contributed by atoms with Gasteiger partial charge in [-0.2, -0.15) is 0 Å². The molecule has 0 fully saturated rings.